The Kier molecular flexibility index (Phi) is 5.38. The monoisotopic (exact) mass is 313 g/mol. The number of morpholine rings is 1. The molecule has 1 amide bonds. The average Bonchev–Trinajstić information content (AvgIpc) is 2.82. The summed E-state index contributed by atoms with van der Waals surface area (Å²) in [5.74, 6) is 0.138. The molecule has 7 nitrogen and oxygen atoms in total. The molecule has 0 radical (unpaired) electrons. The van der Waals surface area contributed by atoms with Gasteiger partial charge in [-0.15, -0.1) is 0 Å². The van der Waals surface area contributed by atoms with Gasteiger partial charge in [0, 0.05) is 39.8 Å². The Bertz CT molecular complexity index is 485. The normalized spacial score (nSPS) is 17.5. The molecule has 1 fully saturated rings. The quantitative estimate of drug-likeness (QED) is 0.810. The second kappa shape index (κ2) is 7.06. The lowest BCUT2D eigenvalue weighted by atomic mass is 10.2. The van der Waals surface area contributed by atoms with Crippen molar-refractivity contribution in [3.05, 3.63) is 4.88 Å². The highest BCUT2D eigenvalue weighted by Gasteiger charge is 2.20. The summed E-state index contributed by atoms with van der Waals surface area (Å²) in [5, 5.41) is 3.72. The van der Waals surface area contributed by atoms with Gasteiger partial charge in [-0.25, -0.2) is 4.98 Å². The average molecular weight is 313 g/mol. The summed E-state index contributed by atoms with van der Waals surface area (Å²) in [6, 6.07) is 0.0555. The molecule has 2 heterocycles. The standard InChI is InChI=1S/C13H23N5O2S/c1-9(8-18-4-6-20-7-5-18)15-12(19)10-11(14)16-13(21-10)17(2)3/h9H,4-8,14H2,1-3H3,(H,15,19). The van der Waals surface area contributed by atoms with Gasteiger partial charge in [-0.2, -0.15) is 0 Å². The van der Waals surface area contributed by atoms with Crippen molar-refractivity contribution in [2.75, 3.05) is 57.6 Å². The second-order valence-corrected chi connectivity index (χ2v) is 6.37. The number of nitrogen functional groups attached to an aromatic ring is 1. The minimum Gasteiger partial charge on any atom is -0.382 e. The van der Waals surface area contributed by atoms with Crippen molar-refractivity contribution in [2.45, 2.75) is 13.0 Å². The van der Waals surface area contributed by atoms with Crippen molar-refractivity contribution >= 4 is 28.2 Å². The van der Waals surface area contributed by atoms with Gasteiger partial charge in [0.05, 0.1) is 13.2 Å². The van der Waals surface area contributed by atoms with Crippen LogP contribution in [0.1, 0.15) is 16.6 Å². The number of hydrogen-bond donors (Lipinski definition) is 2. The molecule has 1 unspecified atom stereocenters. The van der Waals surface area contributed by atoms with Crippen LogP contribution in [0.3, 0.4) is 0 Å². The van der Waals surface area contributed by atoms with Gasteiger partial charge in [0.1, 0.15) is 10.7 Å². The first-order valence-corrected chi connectivity index (χ1v) is 7.83. The van der Waals surface area contributed by atoms with Gasteiger partial charge in [0.15, 0.2) is 5.13 Å². The molecule has 0 bridgehead atoms. The fourth-order valence-electron chi connectivity index (χ4n) is 2.18. The van der Waals surface area contributed by atoms with E-state index in [4.69, 9.17) is 10.5 Å². The molecule has 1 aliphatic rings. The Morgan fingerprint density at radius 3 is 2.76 bits per heavy atom. The number of nitrogens with zero attached hydrogens (tertiary/aromatic N) is 3. The third-order valence-corrected chi connectivity index (χ3v) is 4.48. The van der Waals surface area contributed by atoms with Crippen molar-refractivity contribution in [3.63, 3.8) is 0 Å². The first-order valence-electron chi connectivity index (χ1n) is 7.02. The molecular formula is C13H23N5O2S. The number of anilines is 2. The third-order valence-electron chi connectivity index (χ3n) is 3.24. The highest BCUT2D eigenvalue weighted by molar-refractivity contribution is 7.18. The Labute approximate surface area is 129 Å². The number of carbonyl (C=O) groups is 1. The van der Waals surface area contributed by atoms with Crippen LogP contribution in [0.2, 0.25) is 0 Å². The number of aromatic nitrogens is 1. The molecule has 1 aromatic heterocycles. The van der Waals surface area contributed by atoms with E-state index in [-0.39, 0.29) is 11.9 Å². The van der Waals surface area contributed by atoms with Gasteiger partial charge in [0.25, 0.3) is 5.91 Å². The van der Waals surface area contributed by atoms with Crippen molar-refractivity contribution in [2.24, 2.45) is 0 Å². The highest BCUT2D eigenvalue weighted by atomic mass is 32.1. The topological polar surface area (TPSA) is 83.7 Å². The van der Waals surface area contributed by atoms with E-state index in [1.165, 1.54) is 11.3 Å². The van der Waals surface area contributed by atoms with Crippen LogP contribution in [0.15, 0.2) is 0 Å². The first-order chi connectivity index (χ1) is 9.97. The van der Waals surface area contributed by atoms with Crippen molar-refractivity contribution in [3.8, 4) is 0 Å². The molecule has 21 heavy (non-hydrogen) atoms. The van der Waals surface area contributed by atoms with Crippen LogP contribution in [-0.2, 0) is 4.74 Å². The van der Waals surface area contributed by atoms with Crippen molar-refractivity contribution < 1.29 is 9.53 Å². The minimum atomic E-state index is -0.154. The van der Waals surface area contributed by atoms with E-state index < -0.39 is 0 Å². The van der Waals surface area contributed by atoms with Crippen LogP contribution in [0.4, 0.5) is 10.9 Å². The molecule has 1 aliphatic heterocycles. The van der Waals surface area contributed by atoms with Crippen LogP contribution in [0, 0.1) is 0 Å². The van der Waals surface area contributed by atoms with Crippen LogP contribution >= 0.6 is 11.3 Å². The zero-order chi connectivity index (χ0) is 15.4. The molecule has 1 aromatic rings. The SMILES string of the molecule is CC(CN1CCOCC1)NC(=O)c1sc(N(C)C)nc1N. The lowest BCUT2D eigenvalue weighted by Crippen LogP contribution is -2.45. The minimum absolute atomic E-state index is 0.0555. The van der Waals surface area contributed by atoms with Gasteiger partial charge in [-0.3, -0.25) is 9.69 Å². The number of ether oxygens (including phenoxy) is 1. The fourth-order valence-corrected chi connectivity index (χ4v) is 2.99. The van der Waals surface area contributed by atoms with Crippen LogP contribution in [0.25, 0.3) is 0 Å². The summed E-state index contributed by atoms with van der Waals surface area (Å²) in [4.78, 5) is 21.1. The molecule has 1 saturated heterocycles. The summed E-state index contributed by atoms with van der Waals surface area (Å²) in [5.41, 5.74) is 5.82. The van der Waals surface area contributed by atoms with Gasteiger partial charge in [-0.1, -0.05) is 11.3 Å². The predicted molar refractivity (Wildman–Crippen MR) is 85.0 cm³/mol. The van der Waals surface area contributed by atoms with E-state index in [1.54, 1.807) is 0 Å². The van der Waals surface area contributed by atoms with E-state index in [0.29, 0.717) is 10.7 Å². The summed E-state index contributed by atoms with van der Waals surface area (Å²) >= 11 is 1.31. The molecule has 2 rings (SSSR count). The number of thiazole rings is 1. The van der Waals surface area contributed by atoms with E-state index in [9.17, 15) is 4.79 Å². The van der Waals surface area contributed by atoms with E-state index in [0.717, 1.165) is 38.0 Å². The summed E-state index contributed by atoms with van der Waals surface area (Å²) in [6.07, 6.45) is 0. The van der Waals surface area contributed by atoms with Gasteiger partial charge in [0.2, 0.25) is 0 Å². The highest BCUT2D eigenvalue weighted by Crippen LogP contribution is 2.26. The molecule has 3 N–H and O–H groups in total. The molecular weight excluding hydrogens is 290 g/mol. The number of rotatable bonds is 5. The molecule has 8 heteroatoms. The van der Waals surface area contributed by atoms with Gasteiger partial charge >= 0.3 is 0 Å². The van der Waals surface area contributed by atoms with Crippen LogP contribution in [0.5, 0.6) is 0 Å². The molecule has 0 spiro atoms. The van der Waals surface area contributed by atoms with Crippen LogP contribution in [-0.4, -0.2) is 68.8 Å². The smallest absolute Gasteiger partial charge is 0.265 e. The molecule has 0 aromatic carbocycles. The van der Waals surface area contributed by atoms with E-state index >= 15 is 0 Å². The van der Waals surface area contributed by atoms with Crippen molar-refractivity contribution in [1.82, 2.24) is 15.2 Å². The van der Waals surface area contributed by atoms with Crippen LogP contribution < -0.4 is 16.0 Å². The largest absolute Gasteiger partial charge is 0.382 e. The number of amides is 1. The number of nitrogens with one attached hydrogen (secondary N) is 1. The Morgan fingerprint density at radius 1 is 1.52 bits per heavy atom. The Hall–Kier alpha value is -1.38. The maximum absolute atomic E-state index is 12.3. The number of carbonyl (C=O) groups excluding carboxylic acids is 1. The van der Waals surface area contributed by atoms with E-state index in [1.807, 2.05) is 25.9 Å². The zero-order valence-corrected chi connectivity index (χ0v) is 13.6. The van der Waals surface area contributed by atoms with Gasteiger partial charge in [-0.05, 0) is 6.92 Å². The maximum atomic E-state index is 12.3. The second-order valence-electron chi connectivity index (χ2n) is 5.39. The first kappa shape index (κ1) is 16.0. The molecule has 0 aliphatic carbocycles. The fraction of sp³-hybridized carbons (Fsp3) is 0.692. The molecule has 1 atom stereocenters. The lowest BCUT2D eigenvalue weighted by Gasteiger charge is -2.29. The lowest BCUT2D eigenvalue weighted by molar-refractivity contribution is 0.0342. The molecule has 118 valence electrons. The summed E-state index contributed by atoms with van der Waals surface area (Å²) in [7, 11) is 3.75. The van der Waals surface area contributed by atoms with E-state index in [2.05, 4.69) is 15.2 Å². The zero-order valence-electron chi connectivity index (χ0n) is 12.8. The third kappa shape index (κ3) is 4.29. The maximum Gasteiger partial charge on any atom is 0.265 e. The van der Waals surface area contributed by atoms with Gasteiger partial charge < -0.3 is 20.7 Å². The predicted octanol–water partition coefficient (Wildman–Crippen LogP) is 0.242. The molecule has 0 saturated carbocycles. The number of nitrogens with two attached hydrogens (primary N) is 1. The summed E-state index contributed by atoms with van der Waals surface area (Å²) in [6.45, 7) is 6.15. The number of hydrogen-bond acceptors (Lipinski definition) is 7. The Balaban J connectivity index is 1.91. The summed E-state index contributed by atoms with van der Waals surface area (Å²) < 4.78 is 5.32. The van der Waals surface area contributed by atoms with Crippen molar-refractivity contribution in [1.29, 1.82) is 0 Å². The Morgan fingerprint density at radius 2 is 2.19 bits per heavy atom.